The van der Waals surface area contributed by atoms with Gasteiger partial charge >= 0.3 is 0 Å². The Morgan fingerprint density at radius 2 is 1.00 bits per heavy atom. The van der Waals surface area contributed by atoms with Crippen molar-refractivity contribution in [3.8, 4) is 0 Å². The van der Waals surface area contributed by atoms with Crippen molar-refractivity contribution >= 4 is 5.78 Å². The summed E-state index contributed by atoms with van der Waals surface area (Å²) in [5.41, 5.74) is 2.81. The Hall–Kier alpha value is -0.590. The summed E-state index contributed by atoms with van der Waals surface area (Å²) in [6.07, 6.45) is 30.7. The zero-order valence-electron chi connectivity index (χ0n) is 24.2. The number of ketones is 1. The van der Waals surface area contributed by atoms with E-state index < -0.39 is 0 Å². The molecule has 200 valence electrons. The molecule has 0 saturated carbocycles. The first kappa shape index (κ1) is 31.4. The van der Waals surface area contributed by atoms with E-state index in [1.807, 2.05) is 0 Å². The van der Waals surface area contributed by atoms with Crippen LogP contribution in [0.25, 0.3) is 0 Å². The van der Waals surface area contributed by atoms with Crippen LogP contribution in [0.1, 0.15) is 182 Å². The number of hydrogen-bond donors (Lipinski definition) is 0. The van der Waals surface area contributed by atoms with Crippen LogP contribution in [-0.4, -0.2) is 5.78 Å². The minimum atomic E-state index is 0.141. The van der Waals surface area contributed by atoms with Gasteiger partial charge in [-0.2, -0.15) is 0 Å². The Morgan fingerprint density at radius 1 is 0.618 bits per heavy atom. The highest BCUT2D eigenvalue weighted by Crippen LogP contribution is 2.45. The molecule has 0 fully saturated rings. The summed E-state index contributed by atoms with van der Waals surface area (Å²) < 4.78 is 0. The second kappa shape index (κ2) is 19.6. The van der Waals surface area contributed by atoms with Gasteiger partial charge in [0.25, 0.3) is 0 Å². The van der Waals surface area contributed by atoms with Gasteiger partial charge in [-0.15, -0.1) is 0 Å². The number of carbonyl (C=O) groups is 1. The lowest BCUT2D eigenvalue weighted by molar-refractivity contribution is -0.119. The molecular weight excluding hydrogens is 412 g/mol. The fraction of sp³-hybridized carbons (Fsp3) is 0.909. The van der Waals surface area contributed by atoms with E-state index in [0.717, 1.165) is 12.8 Å². The van der Waals surface area contributed by atoms with E-state index in [2.05, 4.69) is 34.6 Å². The third-order valence-electron chi connectivity index (χ3n) is 8.52. The molecule has 0 aromatic carbocycles. The summed E-state index contributed by atoms with van der Waals surface area (Å²) in [4.78, 5) is 12.9. The SMILES string of the molecule is CCCCCCCCCCCCC1=C(C)C(CCCCCCCCCCCC)C(C)(C)CC1=O. The second-order valence-electron chi connectivity index (χ2n) is 12.2. The highest BCUT2D eigenvalue weighted by Gasteiger charge is 2.38. The van der Waals surface area contributed by atoms with Gasteiger partial charge in [0.2, 0.25) is 0 Å². The van der Waals surface area contributed by atoms with Crippen molar-refractivity contribution in [2.24, 2.45) is 11.3 Å². The number of hydrogen-bond acceptors (Lipinski definition) is 1. The Bertz CT molecular complexity index is 541. The molecule has 1 aliphatic carbocycles. The average Bonchev–Trinajstić information content (AvgIpc) is 2.79. The van der Waals surface area contributed by atoms with Gasteiger partial charge in [0, 0.05) is 6.42 Å². The summed E-state index contributed by atoms with van der Waals surface area (Å²) in [6, 6.07) is 0. The average molecular weight is 475 g/mol. The molecule has 1 rings (SSSR count). The molecule has 1 nitrogen and oxygen atoms in total. The van der Waals surface area contributed by atoms with Gasteiger partial charge in [0.15, 0.2) is 5.78 Å². The van der Waals surface area contributed by atoms with Gasteiger partial charge < -0.3 is 0 Å². The molecule has 0 N–H and O–H groups in total. The standard InChI is InChI=1S/C33H62O/c1-6-8-10-12-14-16-18-20-22-24-26-30-29(3)31(33(4,5)28-32(30)34)27-25-23-21-19-17-15-13-11-9-7-2/h31H,6-28H2,1-5H3. The fourth-order valence-corrected chi connectivity index (χ4v) is 6.23. The van der Waals surface area contributed by atoms with Crippen LogP contribution in [0, 0.1) is 11.3 Å². The molecule has 0 amide bonds. The summed E-state index contributed by atoms with van der Waals surface area (Å²) in [6.45, 7) is 11.6. The molecule has 0 radical (unpaired) electrons. The largest absolute Gasteiger partial charge is 0.295 e. The van der Waals surface area contributed by atoms with Crippen molar-refractivity contribution in [1.82, 2.24) is 0 Å². The van der Waals surface area contributed by atoms with Gasteiger partial charge in [0.05, 0.1) is 0 Å². The number of carbonyl (C=O) groups excluding carboxylic acids is 1. The number of Topliss-reactive ketones (excluding diaryl/α,β-unsaturated/α-hetero) is 1. The summed E-state index contributed by atoms with van der Waals surface area (Å²) in [7, 11) is 0. The Labute approximate surface area is 215 Å². The Morgan fingerprint density at radius 3 is 1.44 bits per heavy atom. The first-order chi connectivity index (χ1) is 16.4. The molecule has 0 saturated heterocycles. The third-order valence-corrected chi connectivity index (χ3v) is 8.52. The zero-order valence-corrected chi connectivity index (χ0v) is 24.2. The number of rotatable bonds is 22. The van der Waals surface area contributed by atoms with Crippen LogP contribution < -0.4 is 0 Å². The van der Waals surface area contributed by atoms with E-state index in [-0.39, 0.29) is 5.41 Å². The van der Waals surface area contributed by atoms with E-state index in [9.17, 15) is 4.79 Å². The van der Waals surface area contributed by atoms with Gasteiger partial charge in [-0.05, 0) is 43.1 Å². The van der Waals surface area contributed by atoms with Crippen LogP contribution in [0.5, 0.6) is 0 Å². The van der Waals surface area contributed by atoms with Gasteiger partial charge in [0.1, 0.15) is 0 Å². The van der Waals surface area contributed by atoms with Crippen molar-refractivity contribution in [3.63, 3.8) is 0 Å². The summed E-state index contributed by atoms with van der Waals surface area (Å²) in [5.74, 6) is 1.06. The molecule has 0 aromatic rings. The molecule has 1 aliphatic rings. The van der Waals surface area contributed by atoms with Crippen LogP contribution >= 0.6 is 0 Å². The molecule has 1 atom stereocenters. The molecular formula is C33H62O. The topological polar surface area (TPSA) is 17.1 Å². The molecule has 1 heteroatoms. The van der Waals surface area contributed by atoms with Gasteiger partial charge in [-0.1, -0.05) is 155 Å². The molecule has 0 bridgehead atoms. The van der Waals surface area contributed by atoms with E-state index >= 15 is 0 Å². The van der Waals surface area contributed by atoms with Crippen molar-refractivity contribution < 1.29 is 4.79 Å². The Balaban J connectivity index is 2.29. The minimum absolute atomic E-state index is 0.141. The van der Waals surface area contributed by atoms with Crippen LogP contribution in [0.2, 0.25) is 0 Å². The predicted octanol–water partition coefficient (Wildman–Crippen LogP) is 11.5. The lowest BCUT2D eigenvalue weighted by Crippen LogP contribution is -2.34. The van der Waals surface area contributed by atoms with Crippen molar-refractivity contribution in [1.29, 1.82) is 0 Å². The predicted molar refractivity (Wildman–Crippen MR) is 153 cm³/mol. The number of unbranched alkanes of at least 4 members (excludes halogenated alkanes) is 18. The van der Waals surface area contributed by atoms with Crippen LogP contribution in [0.3, 0.4) is 0 Å². The lowest BCUT2D eigenvalue weighted by atomic mass is 9.64. The van der Waals surface area contributed by atoms with Crippen molar-refractivity contribution in [3.05, 3.63) is 11.1 Å². The quantitative estimate of drug-likeness (QED) is 0.143. The molecule has 0 spiro atoms. The van der Waals surface area contributed by atoms with E-state index in [1.165, 1.54) is 146 Å². The maximum atomic E-state index is 12.9. The van der Waals surface area contributed by atoms with Crippen LogP contribution in [-0.2, 0) is 4.79 Å². The fourth-order valence-electron chi connectivity index (χ4n) is 6.23. The van der Waals surface area contributed by atoms with Crippen molar-refractivity contribution in [2.75, 3.05) is 0 Å². The highest BCUT2D eigenvalue weighted by molar-refractivity contribution is 5.97. The molecule has 34 heavy (non-hydrogen) atoms. The molecule has 0 heterocycles. The summed E-state index contributed by atoms with van der Waals surface area (Å²) in [5, 5.41) is 0. The maximum Gasteiger partial charge on any atom is 0.159 e. The second-order valence-corrected chi connectivity index (χ2v) is 12.2. The first-order valence-corrected chi connectivity index (χ1v) is 15.7. The zero-order chi connectivity index (χ0) is 25.1. The normalized spacial score (nSPS) is 18.1. The Kier molecular flexibility index (Phi) is 18.1. The van der Waals surface area contributed by atoms with E-state index in [1.54, 1.807) is 0 Å². The molecule has 0 aromatic heterocycles. The van der Waals surface area contributed by atoms with Gasteiger partial charge in [-0.25, -0.2) is 0 Å². The lowest BCUT2D eigenvalue weighted by Gasteiger charge is -2.40. The van der Waals surface area contributed by atoms with E-state index in [4.69, 9.17) is 0 Å². The first-order valence-electron chi connectivity index (χ1n) is 15.7. The highest BCUT2D eigenvalue weighted by atomic mass is 16.1. The monoisotopic (exact) mass is 474 g/mol. The van der Waals surface area contributed by atoms with E-state index in [0.29, 0.717) is 11.7 Å². The van der Waals surface area contributed by atoms with Gasteiger partial charge in [-0.3, -0.25) is 4.79 Å². The molecule has 0 aliphatic heterocycles. The van der Waals surface area contributed by atoms with Crippen molar-refractivity contribution in [2.45, 2.75) is 182 Å². The molecule has 1 unspecified atom stereocenters. The summed E-state index contributed by atoms with van der Waals surface area (Å²) >= 11 is 0. The smallest absolute Gasteiger partial charge is 0.159 e. The maximum absolute atomic E-state index is 12.9. The number of allylic oxidation sites excluding steroid dienone is 2. The minimum Gasteiger partial charge on any atom is -0.295 e. The van der Waals surface area contributed by atoms with Crippen LogP contribution in [0.4, 0.5) is 0 Å². The third kappa shape index (κ3) is 13.5. The van der Waals surface area contributed by atoms with Crippen LogP contribution in [0.15, 0.2) is 11.1 Å².